The first kappa shape index (κ1) is 14.2. The van der Waals surface area contributed by atoms with Crippen LogP contribution < -0.4 is 11.1 Å². The normalized spacial score (nSPS) is 16.9. The predicted molar refractivity (Wildman–Crippen MR) is 86.3 cm³/mol. The van der Waals surface area contributed by atoms with E-state index < -0.39 is 5.54 Å². The second kappa shape index (κ2) is 5.58. The van der Waals surface area contributed by atoms with Crippen LogP contribution >= 0.6 is 11.3 Å². The van der Waals surface area contributed by atoms with Gasteiger partial charge in [-0.25, -0.2) is 4.98 Å². The summed E-state index contributed by atoms with van der Waals surface area (Å²) < 4.78 is 0. The van der Waals surface area contributed by atoms with Crippen LogP contribution in [0.1, 0.15) is 31.4 Å². The van der Waals surface area contributed by atoms with Gasteiger partial charge in [-0.1, -0.05) is 12.8 Å². The zero-order valence-corrected chi connectivity index (χ0v) is 12.9. The molecule has 3 rings (SSSR count). The number of benzene rings is 1. The smallest absolute Gasteiger partial charge is 0.244 e. The number of hydrogen-bond donors (Lipinski definition) is 2. The lowest BCUT2D eigenvalue weighted by Crippen LogP contribution is -2.48. The zero-order valence-electron chi connectivity index (χ0n) is 12.1. The summed E-state index contributed by atoms with van der Waals surface area (Å²) >= 11 is 1.62. The first-order valence-corrected chi connectivity index (χ1v) is 8.08. The summed E-state index contributed by atoms with van der Waals surface area (Å²) in [5.74, 6) is -0.0714. The van der Waals surface area contributed by atoms with Crippen molar-refractivity contribution in [1.29, 1.82) is 0 Å². The topological polar surface area (TPSA) is 68.0 Å². The number of hydrogen-bond acceptors (Lipinski definition) is 4. The lowest BCUT2D eigenvalue weighted by molar-refractivity contribution is -0.121. The van der Waals surface area contributed by atoms with Crippen LogP contribution in [0.25, 0.3) is 10.6 Å². The van der Waals surface area contributed by atoms with Crippen LogP contribution in [0.4, 0.5) is 5.69 Å². The third-order valence-electron chi connectivity index (χ3n) is 3.96. The summed E-state index contributed by atoms with van der Waals surface area (Å²) in [5.41, 5.74) is 8.34. The van der Waals surface area contributed by atoms with Crippen molar-refractivity contribution in [3.05, 3.63) is 35.3 Å². The predicted octanol–water partition coefficient (Wildman–Crippen LogP) is 3.33. The summed E-state index contributed by atoms with van der Waals surface area (Å²) in [7, 11) is 0. The standard InChI is InChI=1S/C16H19N3OS/c1-11-10-21-14(18-11)12-4-6-13(7-5-12)19-15(20)16(17)8-2-3-9-16/h4-7,10H,2-3,8-9,17H2,1H3,(H,19,20). The summed E-state index contributed by atoms with van der Waals surface area (Å²) in [6.07, 6.45) is 3.61. The number of nitrogens with one attached hydrogen (secondary N) is 1. The molecule has 0 atom stereocenters. The maximum atomic E-state index is 12.2. The highest BCUT2D eigenvalue weighted by Gasteiger charge is 2.36. The molecule has 21 heavy (non-hydrogen) atoms. The van der Waals surface area contributed by atoms with E-state index in [0.29, 0.717) is 0 Å². The Bertz CT molecular complexity index is 642. The molecule has 0 saturated heterocycles. The Hall–Kier alpha value is -1.72. The Kier molecular flexibility index (Phi) is 3.78. The van der Waals surface area contributed by atoms with Gasteiger partial charge in [-0.05, 0) is 44.0 Å². The van der Waals surface area contributed by atoms with Gasteiger partial charge >= 0.3 is 0 Å². The van der Waals surface area contributed by atoms with Crippen molar-refractivity contribution < 1.29 is 4.79 Å². The summed E-state index contributed by atoms with van der Waals surface area (Å²) in [6.45, 7) is 1.98. The van der Waals surface area contributed by atoms with Crippen LogP contribution in [0.2, 0.25) is 0 Å². The zero-order chi connectivity index (χ0) is 14.9. The van der Waals surface area contributed by atoms with Crippen LogP contribution in [0.15, 0.2) is 29.6 Å². The van der Waals surface area contributed by atoms with Crippen molar-refractivity contribution in [2.45, 2.75) is 38.1 Å². The molecule has 1 heterocycles. The van der Waals surface area contributed by atoms with Crippen LogP contribution in [0.5, 0.6) is 0 Å². The third-order valence-corrected chi connectivity index (χ3v) is 4.97. The number of nitrogens with zero attached hydrogens (tertiary/aromatic N) is 1. The minimum atomic E-state index is -0.689. The molecule has 1 aromatic carbocycles. The van der Waals surface area contributed by atoms with Crippen molar-refractivity contribution >= 4 is 22.9 Å². The van der Waals surface area contributed by atoms with Crippen molar-refractivity contribution in [2.24, 2.45) is 5.73 Å². The van der Waals surface area contributed by atoms with E-state index in [4.69, 9.17) is 5.73 Å². The Morgan fingerprint density at radius 2 is 1.95 bits per heavy atom. The van der Waals surface area contributed by atoms with E-state index in [1.54, 1.807) is 11.3 Å². The van der Waals surface area contributed by atoms with Crippen molar-refractivity contribution in [1.82, 2.24) is 4.98 Å². The number of aromatic nitrogens is 1. The molecule has 110 valence electrons. The molecule has 5 heteroatoms. The number of amides is 1. The average molecular weight is 301 g/mol. The third kappa shape index (κ3) is 2.99. The highest BCUT2D eigenvalue weighted by Crippen LogP contribution is 2.29. The van der Waals surface area contributed by atoms with E-state index in [1.165, 1.54) is 0 Å². The summed E-state index contributed by atoms with van der Waals surface area (Å²) in [6, 6.07) is 7.77. The van der Waals surface area contributed by atoms with Crippen LogP contribution in [0, 0.1) is 6.92 Å². The molecule has 1 aromatic heterocycles. The van der Waals surface area contributed by atoms with Gasteiger partial charge in [-0.3, -0.25) is 4.79 Å². The lowest BCUT2D eigenvalue weighted by Gasteiger charge is -2.22. The number of rotatable bonds is 3. The Morgan fingerprint density at radius 1 is 1.29 bits per heavy atom. The number of carbonyl (C=O) groups is 1. The molecule has 0 spiro atoms. The summed E-state index contributed by atoms with van der Waals surface area (Å²) in [5, 5.41) is 5.96. The molecule has 1 aliphatic rings. The van der Waals surface area contributed by atoms with Gasteiger partial charge in [0.25, 0.3) is 0 Å². The van der Waals surface area contributed by atoms with E-state index >= 15 is 0 Å². The first-order chi connectivity index (χ1) is 10.1. The number of carbonyl (C=O) groups excluding carboxylic acids is 1. The van der Waals surface area contributed by atoms with Gasteiger partial charge in [0.15, 0.2) is 0 Å². The van der Waals surface area contributed by atoms with Gasteiger partial charge < -0.3 is 11.1 Å². The molecule has 1 saturated carbocycles. The number of aryl methyl sites for hydroxylation is 1. The van der Waals surface area contributed by atoms with E-state index in [-0.39, 0.29) is 5.91 Å². The van der Waals surface area contributed by atoms with Gasteiger partial charge in [0.05, 0.1) is 5.54 Å². The fraction of sp³-hybridized carbons (Fsp3) is 0.375. The van der Waals surface area contributed by atoms with E-state index in [2.05, 4.69) is 10.3 Å². The molecule has 3 N–H and O–H groups in total. The largest absolute Gasteiger partial charge is 0.324 e. The molecule has 0 aliphatic heterocycles. The van der Waals surface area contributed by atoms with Crippen LogP contribution in [0.3, 0.4) is 0 Å². The first-order valence-electron chi connectivity index (χ1n) is 7.20. The van der Waals surface area contributed by atoms with Crippen LogP contribution in [-0.2, 0) is 4.79 Å². The quantitative estimate of drug-likeness (QED) is 0.913. The minimum Gasteiger partial charge on any atom is -0.324 e. The highest BCUT2D eigenvalue weighted by atomic mass is 32.1. The van der Waals surface area contributed by atoms with E-state index in [9.17, 15) is 4.79 Å². The Labute approximate surface area is 128 Å². The molecule has 2 aromatic rings. The molecule has 4 nitrogen and oxygen atoms in total. The molecule has 1 amide bonds. The molecule has 1 fully saturated rings. The number of thiazole rings is 1. The summed E-state index contributed by atoms with van der Waals surface area (Å²) in [4.78, 5) is 16.7. The molecule has 0 radical (unpaired) electrons. The van der Waals surface area contributed by atoms with E-state index in [1.807, 2.05) is 36.6 Å². The highest BCUT2D eigenvalue weighted by molar-refractivity contribution is 7.13. The second-order valence-electron chi connectivity index (χ2n) is 5.69. The van der Waals surface area contributed by atoms with Crippen molar-refractivity contribution in [2.75, 3.05) is 5.32 Å². The van der Waals surface area contributed by atoms with Gasteiger partial charge in [0.2, 0.25) is 5.91 Å². The maximum Gasteiger partial charge on any atom is 0.244 e. The van der Waals surface area contributed by atoms with Gasteiger partial charge in [-0.2, -0.15) is 0 Å². The van der Waals surface area contributed by atoms with Crippen LogP contribution in [-0.4, -0.2) is 16.4 Å². The molecule has 0 bridgehead atoms. The minimum absolute atomic E-state index is 0.0714. The average Bonchev–Trinajstić information content (AvgIpc) is 3.09. The second-order valence-corrected chi connectivity index (χ2v) is 6.55. The van der Waals surface area contributed by atoms with Crippen molar-refractivity contribution in [3.63, 3.8) is 0 Å². The number of nitrogens with two attached hydrogens (primary N) is 1. The number of anilines is 1. The maximum absolute atomic E-state index is 12.2. The molecule has 1 aliphatic carbocycles. The van der Waals surface area contributed by atoms with Crippen molar-refractivity contribution in [3.8, 4) is 10.6 Å². The SMILES string of the molecule is Cc1csc(-c2ccc(NC(=O)C3(N)CCCC3)cc2)n1. The Balaban J connectivity index is 1.71. The Morgan fingerprint density at radius 3 is 2.52 bits per heavy atom. The molecule has 0 unspecified atom stereocenters. The monoisotopic (exact) mass is 301 g/mol. The van der Waals surface area contributed by atoms with Gasteiger partial charge in [-0.15, -0.1) is 11.3 Å². The van der Waals surface area contributed by atoms with Gasteiger partial charge in [0.1, 0.15) is 5.01 Å². The molecular formula is C16H19N3OS. The fourth-order valence-corrected chi connectivity index (χ4v) is 3.47. The van der Waals surface area contributed by atoms with E-state index in [0.717, 1.165) is 47.6 Å². The fourth-order valence-electron chi connectivity index (χ4n) is 2.67. The van der Waals surface area contributed by atoms with Gasteiger partial charge in [0, 0.05) is 22.3 Å². The molecular weight excluding hydrogens is 282 g/mol. The lowest BCUT2D eigenvalue weighted by atomic mass is 9.98.